The number of esters is 1. The monoisotopic (exact) mass is 240 g/mol. The predicted molar refractivity (Wildman–Crippen MR) is 70.9 cm³/mol. The summed E-state index contributed by atoms with van der Waals surface area (Å²) in [4.78, 5) is 10.9. The van der Waals surface area contributed by atoms with Crippen molar-refractivity contribution < 1.29 is 9.53 Å². The summed E-state index contributed by atoms with van der Waals surface area (Å²) in [5.41, 5.74) is 0. The molecular weight excluding hydrogens is 212 g/mol. The number of carbonyl (C=O) groups is 1. The highest BCUT2D eigenvalue weighted by atomic mass is 16.5. The molecule has 0 saturated carbocycles. The second kappa shape index (κ2) is 9.49. The molecule has 1 aliphatic heterocycles. The zero-order chi connectivity index (χ0) is 12.3. The molecule has 0 spiro atoms. The third-order valence-corrected chi connectivity index (χ3v) is 3.70. The van der Waals surface area contributed by atoms with Gasteiger partial charge < -0.3 is 4.74 Å². The van der Waals surface area contributed by atoms with Crippen LogP contribution in [0.15, 0.2) is 0 Å². The molecule has 1 unspecified atom stereocenters. The van der Waals surface area contributed by atoms with E-state index in [9.17, 15) is 4.79 Å². The van der Waals surface area contributed by atoms with Crippen molar-refractivity contribution in [3.8, 4) is 0 Å². The Kier molecular flexibility index (Phi) is 8.12. The fourth-order valence-electron chi connectivity index (χ4n) is 2.48. The SMILES string of the molecule is CCCCCCCCCCC1CCC(=O)OC1. The largest absolute Gasteiger partial charge is 0.465 e. The lowest BCUT2D eigenvalue weighted by molar-refractivity contribution is -0.149. The minimum Gasteiger partial charge on any atom is -0.465 e. The molecule has 100 valence electrons. The van der Waals surface area contributed by atoms with Crippen LogP contribution in [0.3, 0.4) is 0 Å². The van der Waals surface area contributed by atoms with Crippen LogP contribution in [0.1, 0.15) is 77.6 Å². The Morgan fingerprint density at radius 2 is 1.71 bits per heavy atom. The number of carbonyl (C=O) groups excluding carboxylic acids is 1. The highest BCUT2D eigenvalue weighted by molar-refractivity contribution is 5.69. The first kappa shape index (κ1) is 14.5. The molecule has 1 rings (SSSR count). The molecule has 2 heteroatoms. The van der Waals surface area contributed by atoms with Gasteiger partial charge in [0.2, 0.25) is 0 Å². The van der Waals surface area contributed by atoms with Crippen molar-refractivity contribution in [3.05, 3.63) is 0 Å². The predicted octanol–water partition coefficient (Wildman–Crippen LogP) is 4.47. The molecule has 0 bridgehead atoms. The van der Waals surface area contributed by atoms with Crippen molar-refractivity contribution in [2.45, 2.75) is 77.6 Å². The zero-order valence-electron chi connectivity index (χ0n) is 11.4. The molecule has 1 fully saturated rings. The van der Waals surface area contributed by atoms with E-state index in [0.29, 0.717) is 18.9 Å². The maximum atomic E-state index is 10.9. The molecule has 0 amide bonds. The van der Waals surface area contributed by atoms with Crippen molar-refractivity contribution in [3.63, 3.8) is 0 Å². The summed E-state index contributed by atoms with van der Waals surface area (Å²) in [5.74, 6) is 0.643. The van der Waals surface area contributed by atoms with Gasteiger partial charge in [0.15, 0.2) is 0 Å². The third kappa shape index (κ3) is 7.40. The summed E-state index contributed by atoms with van der Waals surface area (Å²) in [6, 6.07) is 0. The van der Waals surface area contributed by atoms with Gasteiger partial charge in [-0.2, -0.15) is 0 Å². The Bertz CT molecular complexity index is 191. The van der Waals surface area contributed by atoms with Crippen LogP contribution in [-0.2, 0) is 9.53 Å². The van der Waals surface area contributed by atoms with Crippen LogP contribution in [0.25, 0.3) is 0 Å². The second-order valence-corrected chi connectivity index (χ2v) is 5.35. The van der Waals surface area contributed by atoms with Gasteiger partial charge >= 0.3 is 5.97 Å². The number of rotatable bonds is 9. The molecule has 1 atom stereocenters. The Morgan fingerprint density at radius 1 is 1.06 bits per heavy atom. The van der Waals surface area contributed by atoms with Gasteiger partial charge in [-0.15, -0.1) is 0 Å². The van der Waals surface area contributed by atoms with E-state index in [2.05, 4.69) is 6.92 Å². The maximum Gasteiger partial charge on any atom is 0.305 e. The number of ether oxygens (including phenoxy) is 1. The molecule has 0 N–H and O–H groups in total. The average molecular weight is 240 g/mol. The van der Waals surface area contributed by atoms with Crippen LogP contribution >= 0.6 is 0 Å². The van der Waals surface area contributed by atoms with E-state index >= 15 is 0 Å². The lowest BCUT2D eigenvalue weighted by atomic mass is 9.95. The van der Waals surface area contributed by atoms with Gasteiger partial charge in [0.05, 0.1) is 6.61 Å². The van der Waals surface area contributed by atoms with Crippen LogP contribution in [0.4, 0.5) is 0 Å². The minimum absolute atomic E-state index is 0.00262. The van der Waals surface area contributed by atoms with E-state index < -0.39 is 0 Å². The first-order chi connectivity index (χ1) is 8.33. The molecule has 0 aromatic heterocycles. The molecule has 0 aromatic rings. The second-order valence-electron chi connectivity index (χ2n) is 5.35. The smallest absolute Gasteiger partial charge is 0.305 e. The molecule has 2 nitrogen and oxygen atoms in total. The quantitative estimate of drug-likeness (QED) is 0.439. The van der Waals surface area contributed by atoms with Crippen molar-refractivity contribution in [2.75, 3.05) is 6.61 Å². The van der Waals surface area contributed by atoms with Gasteiger partial charge in [0, 0.05) is 6.42 Å². The summed E-state index contributed by atoms with van der Waals surface area (Å²) in [6.07, 6.45) is 14.0. The summed E-state index contributed by atoms with van der Waals surface area (Å²) < 4.78 is 5.07. The standard InChI is InChI=1S/C15H28O2/c1-2-3-4-5-6-7-8-9-10-14-11-12-15(16)17-13-14/h14H,2-13H2,1H3. The molecule has 1 heterocycles. The van der Waals surface area contributed by atoms with Crippen LogP contribution in [0.2, 0.25) is 0 Å². The van der Waals surface area contributed by atoms with Crippen molar-refractivity contribution in [1.82, 2.24) is 0 Å². The summed E-state index contributed by atoms with van der Waals surface area (Å²) in [7, 11) is 0. The van der Waals surface area contributed by atoms with Crippen LogP contribution < -0.4 is 0 Å². The fourth-order valence-corrected chi connectivity index (χ4v) is 2.48. The molecule has 0 radical (unpaired) electrons. The first-order valence-corrected chi connectivity index (χ1v) is 7.48. The minimum atomic E-state index is -0.00262. The number of hydrogen-bond acceptors (Lipinski definition) is 2. The molecular formula is C15H28O2. The van der Waals surface area contributed by atoms with Crippen LogP contribution in [-0.4, -0.2) is 12.6 Å². The van der Waals surface area contributed by atoms with Crippen molar-refractivity contribution in [2.24, 2.45) is 5.92 Å². The van der Waals surface area contributed by atoms with E-state index in [-0.39, 0.29) is 5.97 Å². The normalized spacial score (nSPS) is 20.3. The third-order valence-electron chi connectivity index (χ3n) is 3.70. The van der Waals surface area contributed by atoms with Crippen molar-refractivity contribution >= 4 is 5.97 Å². The van der Waals surface area contributed by atoms with Crippen LogP contribution in [0.5, 0.6) is 0 Å². The van der Waals surface area contributed by atoms with Gasteiger partial charge in [-0.05, 0) is 18.8 Å². The maximum absolute atomic E-state index is 10.9. The Hall–Kier alpha value is -0.530. The number of cyclic esters (lactones) is 1. The van der Waals surface area contributed by atoms with Crippen LogP contribution in [0, 0.1) is 5.92 Å². The average Bonchev–Trinajstić information content (AvgIpc) is 2.35. The van der Waals surface area contributed by atoms with Gasteiger partial charge in [-0.3, -0.25) is 4.79 Å². The topological polar surface area (TPSA) is 26.3 Å². The Balaban J connectivity index is 1.82. The van der Waals surface area contributed by atoms with E-state index in [4.69, 9.17) is 4.74 Å². The molecule has 0 aliphatic carbocycles. The highest BCUT2D eigenvalue weighted by Crippen LogP contribution is 2.21. The Labute approximate surface area is 106 Å². The van der Waals surface area contributed by atoms with E-state index in [0.717, 1.165) is 6.42 Å². The van der Waals surface area contributed by atoms with E-state index in [1.54, 1.807) is 0 Å². The van der Waals surface area contributed by atoms with E-state index in [1.165, 1.54) is 57.8 Å². The van der Waals surface area contributed by atoms with Gasteiger partial charge in [-0.25, -0.2) is 0 Å². The number of hydrogen-bond donors (Lipinski definition) is 0. The summed E-state index contributed by atoms with van der Waals surface area (Å²) >= 11 is 0. The molecule has 1 saturated heterocycles. The van der Waals surface area contributed by atoms with Gasteiger partial charge in [-0.1, -0.05) is 58.3 Å². The molecule has 0 aromatic carbocycles. The van der Waals surface area contributed by atoms with Gasteiger partial charge in [0.1, 0.15) is 0 Å². The highest BCUT2D eigenvalue weighted by Gasteiger charge is 2.18. The lowest BCUT2D eigenvalue weighted by Crippen LogP contribution is -2.21. The molecule has 17 heavy (non-hydrogen) atoms. The summed E-state index contributed by atoms with van der Waals surface area (Å²) in [6.45, 7) is 2.94. The Morgan fingerprint density at radius 3 is 2.29 bits per heavy atom. The molecule has 1 aliphatic rings. The lowest BCUT2D eigenvalue weighted by Gasteiger charge is -2.21. The number of unbranched alkanes of at least 4 members (excludes halogenated alkanes) is 7. The van der Waals surface area contributed by atoms with Gasteiger partial charge in [0.25, 0.3) is 0 Å². The summed E-state index contributed by atoms with van der Waals surface area (Å²) in [5, 5.41) is 0. The van der Waals surface area contributed by atoms with Crippen molar-refractivity contribution in [1.29, 1.82) is 0 Å². The van der Waals surface area contributed by atoms with E-state index in [1.807, 2.05) is 0 Å². The zero-order valence-corrected chi connectivity index (χ0v) is 11.4. The first-order valence-electron chi connectivity index (χ1n) is 7.48. The fraction of sp³-hybridized carbons (Fsp3) is 0.933.